The van der Waals surface area contributed by atoms with Gasteiger partial charge < -0.3 is 55.7 Å². The fraction of sp³-hybridized carbons (Fsp3) is 0.667. The summed E-state index contributed by atoms with van der Waals surface area (Å²) >= 11 is 4.10. The van der Waals surface area contributed by atoms with E-state index in [1.165, 1.54) is 13.8 Å². The molecule has 0 saturated heterocycles. The van der Waals surface area contributed by atoms with Crippen molar-refractivity contribution in [1.82, 2.24) is 21.3 Å². The molecule has 0 spiro atoms. The van der Waals surface area contributed by atoms with Gasteiger partial charge in [-0.1, -0.05) is 0 Å². The van der Waals surface area contributed by atoms with Crippen molar-refractivity contribution < 1.29 is 24.0 Å². The Morgan fingerprint density at radius 3 is 1.12 bits per heavy atom. The molecule has 0 aliphatic carbocycles. The standard InChI is InChI=1S/C24H47N13O5S/c1-13(38)18(12-43)37-21(42)17(8-5-11-33-24(29)30)36-20(41)16(7-4-10-32-23(27)28)35-19(40)15(34-14(2)39)6-3-9-31-22(25)26/h15-18,43H,3-12H2,1-2H3,(H,34,39)(H,35,40)(H,36,41)(H,37,42)(H4,25,26,31)(H4,27,28,32)(H4,29,30,33)/t15-,16-,17-,18-/m1/s1. The molecular weight excluding hydrogens is 582 g/mol. The van der Waals surface area contributed by atoms with Crippen molar-refractivity contribution in [3.8, 4) is 0 Å². The van der Waals surface area contributed by atoms with Crippen molar-refractivity contribution in [1.29, 1.82) is 0 Å². The van der Waals surface area contributed by atoms with Gasteiger partial charge in [0.2, 0.25) is 23.6 Å². The van der Waals surface area contributed by atoms with Crippen LogP contribution in [0.25, 0.3) is 0 Å². The van der Waals surface area contributed by atoms with Crippen LogP contribution < -0.4 is 55.7 Å². The lowest BCUT2D eigenvalue weighted by atomic mass is 10.1. The minimum Gasteiger partial charge on any atom is -0.370 e. The summed E-state index contributed by atoms with van der Waals surface area (Å²) in [6.45, 7) is 3.12. The second kappa shape index (κ2) is 21.4. The number of aliphatic imine (C=N–C) groups is 3. The second-order valence-corrected chi connectivity index (χ2v) is 9.94. The molecule has 18 nitrogen and oxygen atoms in total. The van der Waals surface area contributed by atoms with Crippen molar-refractivity contribution in [3.63, 3.8) is 0 Å². The van der Waals surface area contributed by atoms with Gasteiger partial charge in [-0.3, -0.25) is 38.9 Å². The number of carbonyl (C=O) groups excluding carboxylic acids is 5. The van der Waals surface area contributed by atoms with Gasteiger partial charge >= 0.3 is 0 Å². The van der Waals surface area contributed by atoms with Crippen LogP contribution in [-0.2, 0) is 24.0 Å². The summed E-state index contributed by atoms with van der Waals surface area (Å²) in [4.78, 5) is 75.0. The van der Waals surface area contributed by atoms with Gasteiger partial charge in [0.15, 0.2) is 23.7 Å². The minimum atomic E-state index is -1.14. The predicted molar refractivity (Wildman–Crippen MR) is 168 cm³/mol. The molecule has 0 rings (SSSR count). The molecule has 0 unspecified atom stereocenters. The smallest absolute Gasteiger partial charge is 0.243 e. The first kappa shape index (κ1) is 38.7. The summed E-state index contributed by atoms with van der Waals surface area (Å²) in [5.41, 5.74) is 32.1. The maximum absolute atomic E-state index is 13.5. The molecule has 0 aromatic rings. The van der Waals surface area contributed by atoms with E-state index in [1.54, 1.807) is 0 Å². The lowest BCUT2D eigenvalue weighted by molar-refractivity contribution is -0.134. The zero-order valence-electron chi connectivity index (χ0n) is 24.7. The number of nitrogens with zero attached hydrogens (tertiary/aromatic N) is 3. The number of carbonyl (C=O) groups is 5. The zero-order valence-corrected chi connectivity index (χ0v) is 25.6. The number of hydrogen-bond acceptors (Lipinski definition) is 9. The normalized spacial score (nSPS) is 13.2. The molecule has 19 heteroatoms. The third-order valence-electron chi connectivity index (χ3n) is 5.79. The Bertz CT molecular complexity index is 1030. The summed E-state index contributed by atoms with van der Waals surface area (Å²) < 4.78 is 0. The van der Waals surface area contributed by atoms with E-state index in [0.29, 0.717) is 19.3 Å². The van der Waals surface area contributed by atoms with E-state index in [2.05, 4.69) is 48.9 Å². The molecule has 4 amide bonds. The number of nitrogens with one attached hydrogen (secondary N) is 4. The molecule has 0 fully saturated rings. The Labute approximate surface area is 256 Å². The lowest BCUT2D eigenvalue weighted by Crippen LogP contribution is -2.57. The number of nitrogens with two attached hydrogens (primary N) is 6. The van der Waals surface area contributed by atoms with Gasteiger partial charge in [0.05, 0.1) is 6.04 Å². The first-order chi connectivity index (χ1) is 20.2. The van der Waals surface area contributed by atoms with Crippen molar-refractivity contribution in [2.24, 2.45) is 49.4 Å². The van der Waals surface area contributed by atoms with Crippen LogP contribution in [0.15, 0.2) is 15.0 Å². The van der Waals surface area contributed by atoms with Crippen LogP contribution in [-0.4, -0.2) is 96.8 Å². The van der Waals surface area contributed by atoms with E-state index in [1.807, 2.05) is 0 Å². The fourth-order valence-corrected chi connectivity index (χ4v) is 4.00. The van der Waals surface area contributed by atoms with E-state index in [4.69, 9.17) is 34.4 Å². The van der Waals surface area contributed by atoms with Crippen molar-refractivity contribution in [2.75, 3.05) is 25.4 Å². The van der Waals surface area contributed by atoms with Crippen LogP contribution in [0.4, 0.5) is 0 Å². The van der Waals surface area contributed by atoms with E-state index in [9.17, 15) is 24.0 Å². The Morgan fingerprint density at radius 1 is 0.558 bits per heavy atom. The highest BCUT2D eigenvalue weighted by Crippen LogP contribution is 2.07. The van der Waals surface area contributed by atoms with E-state index in [-0.39, 0.29) is 68.3 Å². The summed E-state index contributed by atoms with van der Waals surface area (Å²) in [7, 11) is 0. The molecule has 0 aliphatic rings. The summed E-state index contributed by atoms with van der Waals surface area (Å²) in [6.07, 6.45) is 1.33. The van der Waals surface area contributed by atoms with Gasteiger partial charge in [-0.05, 0) is 45.4 Å². The zero-order chi connectivity index (χ0) is 32.9. The van der Waals surface area contributed by atoms with E-state index >= 15 is 0 Å². The van der Waals surface area contributed by atoms with Gasteiger partial charge in [0.25, 0.3) is 0 Å². The van der Waals surface area contributed by atoms with E-state index in [0.717, 1.165) is 0 Å². The van der Waals surface area contributed by atoms with E-state index < -0.39 is 47.8 Å². The van der Waals surface area contributed by atoms with Crippen molar-refractivity contribution in [3.05, 3.63) is 0 Å². The molecule has 244 valence electrons. The number of ketones is 1. The lowest BCUT2D eigenvalue weighted by Gasteiger charge is -2.26. The first-order valence-electron chi connectivity index (χ1n) is 13.6. The highest BCUT2D eigenvalue weighted by atomic mass is 32.1. The Kier molecular flexibility index (Phi) is 19.3. The number of Topliss-reactive ketones (excluding diaryl/α,β-unsaturated/α-hetero) is 1. The fourth-order valence-electron chi connectivity index (χ4n) is 3.66. The molecule has 0 aliphatic heterocycles. The average molecular weight is 630 g/mol. The van der Waals surface area contributed by atoms with Gasteiger partial charge in [-0.25, -0.2) is 0 Å². The summed E-state index contributed by atoms with van der Waals surface area (Å²) in [6, 6.07) is -4.12. The number of guanidine groups is 3. The Hall–Kier alpha value is -4.29. The molecule has 0 heterocycles. The highest BCUT2D eigenvalue weighted by Gasteiger charge is 2.30. The average Bonchev–Trinajstić information content (AvgIpc) is 2.91. The van der Waals surface area contributed by atoms with Crippen LogP contribution in [0.5, 0.6) is 0 Å². The van der Waals surface area contributed by atoms with Crippen LogP contribution >= 0.6 is 12.6 Å². The molecule has 16 N–H and O–H groups in total. The van der Waals surface area contributed by atoms with Gasteiger partial charge in [-0.2, -0.15) is 12.6 Å². The number of thiol groups is 1. The molecule has 0 aromatic carbocycles. The number of amides is 4. The third kappa shape index (κ3) is 18.7. The molecular formula is C24H47N13O5S. The maximum atomic E-state index is 13.5. The van der Waals surface area contributed by atoms with Gasteiger partial charge in [0, 0.05) is 32.3 Å². The minimum absolute atomic E-state index is 0.0485. The number of hydrogen-bond donors (Lipinski definition) is 11. The molecule has 4 atom stereocenters. The quantitative estimate of drug-likeness (QED) is 0.0249. The van der Waals surface area contributed by atoms with Crippen LogP contribution in [0.2, 0.25) is 0 Å². The Morgan fingerprint density at radius 2 is 0.860 bits per heavy atom. The first-order valence-corrected chi connectivity index (χ1v) is 14.3. The number of rotatable bonds is 21. The Balaban J connectivity index is 5.93. The SMILES string of the molecule is CC(=O)N[C@H](CCCN=C(N)N)C(=O)N[C@H](CCCN=C(N)N)C(=O)N[C@H](CCCN=C(N)N)C(=O)N[C@H](CS)C(C)=O. The molecule has 0 radical (unpaired) electrons. The van der Waals surface area contributed by atoms with Crippen molar-refractivity contribution >= 4 is 59.9 Å². The highest BCUT2D eigenvalue weighted by molar-refractivity contribution is 7.80. The summed E-state index contributed by atoms with van der Waals surface area (Å²) in [5, 5.41) is 10.4. The topological polar surface area (TPSA) is 327 Å². The third-order valence-corrected chi connectivity index (χ3v) is 6.15. The molecule has 0 aromatic heterocycles. The largest absolute Gasteiger partial charge is 0.370 e. The van der Waals surface area contributed by atoms with Gasteiger partial charge in [-0.15, -0.1) is 0 Å². The van der Waals surface area contributed by atoms with Crippen molar-refractivity contribution in [2.45, 2.75) is 76.5 Å². The summed E-state index contributed by atoms with van der Waals surface area (Å²) in [5.74, 6) is -3.07. The second-order valence-electron chi connectivity index (χ2n) is 9.58. The van der Waals surface area contributed by atoms with Crippen LogP contribution in [0.3, 0.4) is 0 Å². The molecule has 0 bridgehead atoms. The molecule has 43 heavy (non-hydrogen) atoms. The predicted octanol–water partition coefficient (Wildman–Crippen LogP) is -4.37. The van der Waals surface area contributed by atoms with Crippen LogP contribution in [0.1, 0.15) is 52.4 Å². The monoisotopic (exact) mass is 629 g/mol. The van der Waals surface area contributed by atoms with Gasteiger partial charge in [0.1, 0.15) is 18.1 Å². The maximum Gasteiger partial charge on any atom is 0.243 e. The molecule has 0 saturated carbocycles. The van der Waals surface area contributed by atoms with Crippen LogP contribution in [0, 0.1) is 0 Å².